The van der Waals surface area contributed by atoms with Crippen LogP contribution >= 0.6 is 24.8 Å². The minimum Gasteiger partial charge on any atom is -0.357 e. The lowest BCUT2D eigenvalue weighted by Gasteiger charge is -2.33. The highest BCUT2D eigenvalue weighted by Crippen LogP contribution is 2.22. The van der Waals surface area contributed by atoms with Crippen LogP contribution in [0.4, 0.5) is 11.5 Å². The maximum absolute atomic E-state index is 12.4. The van der Waals surface area contributed by atoms with E-state index in [0.717, 1.165) is 50.4 Å². The molecule has 0 saturated carbocycles. The fourth-order valence-corrected chi connectivity index (χ4v) is 3.11. The van der Waals surface area contributed by atoms with E-state index in [4.69, 9.17) is 0 Å². The van der Waals surface area contributed by atoms with Gasteiger partial charge in [-0.3, -0.25) is 4.79 Å². The quantitative estimate of drug-likeness (QED) is 0.869. The van der Waals surface area contributed by atoms with Crippen molar-refractivity contribution >= 4 is 42.2 Å². The highest BCUT2D eigenvalue weighted by molar-refractivity contribution is 5.97. The van der Waals surface area contributed by atoms with Gasteiger partial charge in [0, 0.05) is 13.1 Å². The van der Waals surface area contributed by atoms with Crippen molar-refractivity contribution in [2.45, 2.75) is 44.6 Å². The molecule has 3 heterocycles. The Kier molecular flexibility index (Phi) is 7.58. The van der Waals surface area contributed by atoms with Gasteiger partial charge in [-0.15, -0.1) is 24.8 Å². The van der Waals surface area contributed by atoms with Crippen LogP contribution in [-0.4, -0.2) is 36.1 Å². The van der Waals surface area contributed by atoms with Crippen molar-refractivity contribution < 1.29 is 4.79 Å². The van der Waals surface area contributed by atoms with E-state index < -0.39 is 5.54 Å². The van der Waals surface area contributed by atoms with Gasteiger partial charge < -0.3 is 15.5 Å². The zero-order chi connectivity index (χ0) is 14.7. The minimum atomic E-state index is -0.453. The number of nitrogens with zero attached hydrogens (tertiary/aromatic N) is 2. The van der Waals surface area contributed by atoms with Crippen molar-refractivity contribution in [1.82, 2.24) is 10.3 Å². The molecule has 0 aromatic carbocycles. The zero-order valence-corrected chi connectivity index (χ0v) is 15.1. The summed E-state index contributed by atoms with van der Waals surface area (Å²) in [5, 5.41) is 6.32. The third-order valence-corrected chi connectivity index (χ3v) is 4.56. The normalized spacial score (nSPS) is 23.6. The minimum absolute atomic E-state index is 0. The molecule has 5 nitrogen and oxygen atoms in total. The Morgan fingerprint density at radius 2 is 1.96 bits per heavy atom. The zero-order valence-electron chi connectivity index (χ0n) is 13.5. The van der Waals surface area contributed by atoms with Gasteiger partial charge >= 0.3 is 0 Å². The van der Waals surface area contributed by atoms with E-state index in [1.54, 1.807) is 6.20 Å². The van der Waals surface area contributed by atoms with Crippen molar-refractivity contribution in [3.63, 3.8) is 0 Å². The van der Waals surface area contributed by atoms with Crippen LogP contribution in [0.15, 0.2) is 18.3 Å². The van der Waals surface area contributed by atoms with Crippen LogP contribution in [0.3, 0.4) is 0 Å². The molecule has 3 rings (SSSR count). The molecule has 2 saturated heterocycles. The third kappa shape index (κ3) is 4.72. The van der Waals surface area contributed by atoms with Gasteiger partial charge in [0.25, 0.3) is 0 Å². The summed E-state index contributed by atoms with van der Waals surface area (Å²) in [5.74, 6) is 1.05. The maximum atomic E-state index is 12.4. The number of aromatic nitrogens is 1. The molecule has 1 aromatic heterocycles. The first kappa shape index (κ1) is 20.0. The van der Waals surface area contributed by atoms with Crippen LogP contribution in [0.25, 0.3) is 0 Å². The predicted octanol–water partition coefficient (Wildman–Crippen LogP) is 3.00. The van der Waals surface area contributed by atoms with E-state index in [0.29, 0.717) is 0 Å². The Morgan fingerprint density at radius 1 is 1.22 bits per heavy atom. The molecule has 2 aliphatic heterocycles. The summed E-state index contributed by atoms with van der Waals surface area (Å²) in [6.07, 6.45) is 7.38. The van der Waals surface area contributed by atoms with Gasteiger partial charge in [-0.25, -0.2) is 4.98 Å². The summed E-state index contributed by atoms with van der Waals surface area (Å²) >= 11 is 0. The molecule has 0 spiro atoms. The van der Waals surface area contributed by atoms with Gasteiger partial charge in [0.1, 0.15) is 5.82 Å². The van der Waals surface area contributed by atoms with E-state index in [9.17, 15) is 4.79 Å². The number of carbonyl (C=O) groups excluding carboxylic acids is 1. The molecule has 23 heavy (non-hydrogen) atoms. The second-order valence-electron chi connectivity index (χ2n) is 6.27. The second kappa shape index (κ2) is 8.71. The first-order chi connectivity index (χ1) is 10.2. The fourth-order valence-electron chi connectivity index (χ4n) is 3.11. The topological polar surface area (TPSA) is 57.3 Å². The number of anilines is 2. The number of halogens is 2. The van der Waals surface area contributed by atoms with Crippen LogP contribution in [0.1, 0.15) is 39.0 Å². The van der Waals surface area contributed by atoms with Crippen LogP contribution in [0, 0.1) is 0 Å². The van der Waals surface area contributed by atoms with Gasteiger partial charge in [-0.1, -0.05) is 0 Å². The number of hydrogen-bond donors (Lipinski definition) is 2. The van der Waals surface area contributed by atoms with E-state index in [1.807, 2.05) is 19.1 Å². The van der Waals surface area contributed by atoms with Gasteiger partial charge in [-0.05, 0) is 57.7 Å². The molecule has 1 atom stereocenters. The monoisotopic (exact) mass is 360 g/mol. The number of carbonyl (C=O) groups is 1. The number of rotatable bonds is 3. The first-order valence-electron chi connectivity index (χ1n) is 7.95. The average Bonchev–Trinajstić information content (AvgIpc) is 3.03. The van der Waals surface area contributed by atoms with Gasteiger partial charge in [0.2, 0.25) is 5.91 Å². The average molecular weight is 361 g/mol. The Bertz CT molecular complexity index is 497. The van der Waals surface area contributed by atoms with Crippen molar-refractivity contribution in [3.8, 4) is 0 Å². The van der Waals surface area contributed by atoms with Crippen LogP contribution < -0.4 is 15.5 Å². The largest absolute Gasteiger partial charge is 0.357 e. The molecule has 7 heteroatoms. The van der Waals surface area contributed by atoms with Crippen molar-refractivity contribution in [3.05, 3.63) is 18.3 Å². The Morgan fingerprint density at radius 3 is 2.52 bits per heavy atom. The highest BCUT2D eigenvalue weighted by atomic mass is 35.5. The van der Waals surface area contributed by atoms with Crippen molar-refractivity contribution in [2.75, 3.05) is 29.9 Å². The smallest absolute Gasteiger partial charge is 0.244 e. The highest BCUT2D eigenvalue weighted by Gasteiger charge is 2.34. The number of pyridine rings is 1. The molecular weight excluding hydrogens is 335 g/mol. The summed E-state index contributed by atoms with van der Waals surface area (Å²) in [5.41, 5.74) is 0.322. The molecule has 1 aromatic rings. The van der Waals surface area contributed by atoms with Crippen LogP contribution in [0.5, 0.6) is 0 Å². The standard InChI is InChI=1S/C16H24N4O.2ClH/c1-16(8-2-3-9-18-16)15(21)19-13-6-7-14(17-12-13)20-10-4-5-11-20;;/h6-7,12,18H,2-5,8-11H2,1H3,(H,19,21);2*1H. The molecule has 2 aliphatic rings. The second-order valence-corrected chi connectivity index (χ2v) is 6.27. The number of amides is 1. The first-order valence-corrected chi connectivity index (χ1v) is 7.95. The molecule has 1 amide bonds. The summed E-state index contributed by atoms with van der Waals surface area (Å²) < 4.78 is 0. The van der Waals surface area contributed by atoms with E-state index in [2.05, 4.69) is 20.5 Å². The summed E-state index contributed by atoms with van der Waals surface area (Å²) in [7, 11) is 0. The van der Waals surface area contributed by atoms with E-state index in [-0.39, 0.29) is 30.7 Å². The Hall–Kier alpha value is -1.04. The van der Waals surface area contributed by atoms with Gasteiger partial charge in [-0.2, -0.15) is 0 Å². The number of piperidine rings is 1. The summed E-state index contributed by atoms with van der Waals surface area (Å²) in [4.78, 5) is 19.2. The lowest BCUT2D eigenvalue weighted by atomic mass is 9.90. The number of hydrogen-bond acceptors (Lipinski definition) is 4. The lowest BCUT2D eigenvalue weighted by molar-refractivity contribution is -0.122. The molecule has 1 unspecified atom stereocenters. The van der Waals surface area contributed by atoms with Crippen molar-refractivity contribution in [1.29, 1.82) is 0 Å². The Balaban J connectivity index is 0.00000132. The van der Waals surface area contributed by atoms with E-state index >= 15 is 0 Å². The van der Waals surface area contributed by atoms with Gasteiger partial charge in [0.15, 0.2) is 0 Å². The maximum Gasteiger partial charge on any atom is 0.244 e. The van der Waals surface area contributed by atoms with Crippen LogP contribution in [-0.2, 0) is 4.79 Å². The molecule has 0 bridgehead atoms. The van der Waals surface area contributed by atoms with Crippen LogP contribution in [0.2, 0.25) is 0 Å². The lowest BCUT2D eigenvalue weighted by Crippen LogP contribution is -2.54. The SMILES string of the molecule is CC1(C(=O)Nc2ccc(N3CCCC3)nc2)CCCCN1.Cl.Cl. The molecule has 0 radical (unpaired) electrons. The summed E-state index contributed by atoms with van der Waals surface area (Å²) in [6, 6.07) is 3.95. The number of nitrogens with one attached hydrogen (secondary N) is 2. The molecule has 130 valence electrons. The van der Waals surface area contributed by atoms with E-state index in [1.165, 1.54) is 12.8 Å². The Labute approximate surface area is 150 Å². The predicted molar refractivity (Wildman–Crippen MR) is 99.1 cm³/mol. The summed E-state index contributed by atoms with van der Waals surface area (Å²) in [6.45, 7) is 5.06. The van der Waals surface area contributed by atoms with Crippen molar-refractivity contribution in [2.24, 2.45) is 0 Å². The fraction of sp³-hybridized carbons (Fsp3) is 0.625. The third-order valence-electron chi connectivity index (χ3n) is 4.56. The molecule has 2 fully saturated rings. The van der Waals surface area contributed by atoms with Gasteiger partial charge in [0.05, 0.1) is 17.4 Å². The molecule has 2 N–H and O–H groups in total. The molecule has 0 aliphatic carbocycles. The molecular formula is C16H26Cl2N4O.